The summed E-state index contributed by atoms with van der Waals surface area (Å²) in [4.78, 5) is 25.6. The van der Waals surface area contributed by atoms with Crippen LogP contribution in [-0.4, -0.2) is 40.8 Å². The Bertz CT molecular complexity index is 647. The van der Waals surface area contributed by atoms with Crippen molar-refractivity contribution >= 4 is 5.91 Å². The molecular weight excluding hydrogens is 260 g/mol. The molecule has 7 heteroatoms. The smallest absolute Gasteiger partial charge is 0.340 e. The van der Waals surface area contributed by atoms with E-state index >= 15 is 0 Å². The maximum Gasteiger partial charge on any atom is 0.340 e. The maximum absolute atomic E-state index is 12.0. The van der Waals surface area contributed by atoms with Gasteiger partial charge < -0.3 is 10.1 Å². The monoisotopic (exact) mass is 276 g/mol. The second-order valence-electron chi connectivity index (χ2n) is 4.36. The van der Waals surface area contributed by atoms with Crippen LogP contribution in [0.4, 0.5) is 0 Å². The zero-order valence-electron chi connectivity index (χ0n) is 11.3. The lowest BCUT2D eigenvalue weighted by Crippen LogP contribution is -2.31. The number of carbonyl (C=O) groups excluding carboxylic acids is 1. The van der Waals surface area contributed by atoms with Crippen LogP contribution in [-0.2, 0) is 4.74 Å². The van der Waals surface area contributed by atoms with Gasteiger partial charge >= 0.3 is 5.69 Å². The van der Waals surface area contributed by atoms with Crippen LogP contribution < -0.4 is 11.0 Å². The van der Waals surface area contributed by atoms with Gasteiger partial charge in [-0.1, -0.05) is 12.1 Å². The van der Waals surface area contributed by atoms with Crippen molar-refractivity contribution < 1.29 is 9.53 Å². The number of hydrogen-bond donors (Lipinski definition) is 3. The molecule has 0 saturated carbocycles. The van der Waals surface area contributed by atoms with Crippen molar-refractivity contribution in [3.8, 4) is 11.4 Å². The van der Waals surface area contributed by atoms with Crippen LogP contribution in [0.2, 0.25) is 0 Å². The lowest BCUT2D eigenvalue weighted by molar-refractivity contribution is 0.0870. The van der Waals surface area contributed by atoms with E-state index in [2.05, 4.69) is 20.5 Å². The molecule has 0 aliphatic rings. The topological polar surface area (TPSA) is 99.9 Å². The molecule has 1 heterocycles. The first-order valence-electron chi connectivity index (χ1n) is 6.16. The molecule has 0 fully saturated rings. The van der Waals surface area contributed by atoms with Crippen molar-refractivity contribution in [3.05, 3.63) is 40.3 Å². The summed E-state index contributed by atoms with van der Waals surface area (Å²) in [5.74, 6) is 0.198. The van der Waals surface area contributed by atoms with E-state index in [1.165, 1.54) is 0 Å². The molecule has 2 rings (SSSR count). The van der Waals surface area contributed by atoms with Crippen LogP contribution in [0.3, 0.4) is 0 Å². The molecular formula is C13H16N4O3. The molecule has 3 N–H and O–H groups in total. The highest BCUT2D eigenvalue weighted by Crippen LogP contribution is 2.14. The van der Waals surface area contributed by atoms with Crippen LogP contribution in [0, 0.1) is 0 Å². The summed E-state index contributed by atoms with van der Waals surface area (Å²) in [5.41, 5.74) is 0.772. The standard InChI is InChI=1S/C13H16N4O3/c1-8(20-2)7-14-12(18)10-5-3-4-9(6-10)11-15-13(19)17-16-11/h3-6,8H,7H2,1-2H3,(H,14,18)(H2,15,16,17,19). The highest BCUT2D eigenvalue weighted by Gasteiger charge is 2.09. The molecule has 1 amide bonds. The summed E-state index contributed by atoms with van der Waals surface area (Å²) < 4.78 is 5.06. The van der Waals surface area contributed by atoms with Crippen LogP contribution in [0.5, 0.6) is 0 Å². The molecule has 20 heavy (non-hydrogen) atoms. The van der Waals surface area contributed by atoms with E-state index in [0.717, 1.165) is 0 Å². The molecule has 106 valence electrons. The first-order valence-corrected chi connectivity index (χ1v) is 6.16. The van der Waals surface area contributed by atoms with Crippen molar-refractivity contribution in [2.75, 3.05) is 13.7 Å². The number of H-pyrrole nitrogens is 2. The predicted molar refractivity (Wildman–Crippen MR) is 73.4 cm³/mol. The first kappa shape index (κ1) is 14.0. The number of carbonyl (C=O) groups is 1. The van der Waals surface area contributed by atoms with Crippen molar-refractivity contribution in [2.45, 2.75) is 13.0 Å². The maximum atomic E-state index is 12.0. The van der Waals surface area contributed by atoms with Gasteiger partial charge in [0.05, 0.1) is 6.10 Å². The molecule has 1 aromatic heterocycles. The number of nitrogens with zero attached hydrogens (tertiary/aromatic N) is 1. The zero-order chi connectivity index (χ0) is 14.5. The minimum Gasteiger partial charge on any atom is -0.380 e. The van der Waals surface area contributed by atoms with E-state index in [4.69, 9.17) is 4.74 Å². The predicted octanol–water partition coefficient (Wildman–Crippen LogP) is 0.530. The molecule has 0 radical (unpaired) electrons. The lowest BCUT2D eigenvalue weighted by atomic mass is 10.1. The molecule has 1 unspecified atom stereocenters. The minimum absolute atomic E-state index is 0.0511. The highest BCUT2D eigenvalue weighted by atomic mass is 16.5. The normalized spacial score (nSPS) is 12.1. The van der Waals surface area contributed by atoms with Crippen LogP contribution in [0.15, 0.2) is 29.1 Å². The van der Waals surface area contributed by atoms with Gasteiger partial charge in [0.2, 0.25) is 0 Å². The average Bonchev–Trinajstić information content (AvgIpc) is 2.91. The fourth-order valence-corrected chi connectivity index (χ4v) is 1.64. The van der Waals surface area contributed by atoms with E-state index in [1.807, 2.05) is 6.92 Å². The van der Waals surface area contributed by atoms with Gasteiger partial charge in [-0.25, -0.2) is 9.89 Å². The van der Waals surface area contributed by atoms with Crippen LogP contribution >= 0.6 is 0 Å². The number of hydrogen-bond acceptors (Lipinski definition) is 4. The van der Waals surface area contributed by atoms with E-state index in [9.17, 15) is 9.59 Å². The third-order valence-electron chi connectivity index (χ3n) is 2.85. The number of aromatic amines is 2. The van der Waals surface area contributed by atoms with Crippen LogP contribution in [0.1, 0.15) is 17.3 Å². The number of ether oxygens (including phenoxy) is 1. The van der Waals surface area contributed by atoms with Gasteiger partial charge in [0.15, 0.2) is 5.82 Å². The first-order chi connectivity index (χ1) is 9.60. The van der Waals surface area contributed by atoms with Gasteiger partial charge in [0.25, 0.3) is 5.91 Å². The van der Waals surface area contributed by atoms with E-state index in [-0.39, 0.29) is 17.7 Å². The second kappa shape index (κ2) is 6.16. The number of methoxy groups -OCH3 is 1. The Morgan fingerprint density at radius 1 is 1.50 bits per heavy atom. The fraction of sp³-hybridized carbons (Fsp3) is 0.308. The number of aromatic nitrogens is 3. The van der Waals surface area contributed by atoms with E-state index < -0.39 is 0 Å². The average molecular weight is 276 g/mol. The highest BCUT2D eigenvalue weighted by molar-refractivity contribution is 5.95. The fourth-order valence-electron chi connectivity index (χ4n) is 1.64. The third kappa shape index (κ3) is 3.33. The van der Waals surface area contributed by atoms with Gasteiger partial charge in [0.1, 0.15) is 0 Å². The Morgan fingerprint density at radius 2 is 2.30 bits per heavy atom. The Kier molecular flexibility index (Phi) is 4.31. The Balaban J connectivity index is 2.13. The van der Waals surface area contributed by atoms with Crippen LogP contribution in [0.25, 0.3) is 11.4 Å². The van der Waals surface area contributed by atoms with Gasteiger partial charge in [-0.15, -0.1) is 0 Å². The lowest BCUT2D eigenvalue weighted by Gasteiger charge is -2.11. The Morgan fingerprint density at radius 3 is 2.95 bits per heavy atom. The molecule has 1 atom stereocenters. The SMILES string of the molecule is COC(C)CNC(=O)c1cccc(-c2n[nH]c(=O)[nH]2)c1. The molecule has 2 aromatic rings. The third-order valence-corrected chi connectivity index (χ3v) is 2.85. The zero-order valence-corrected chi connectivity index (χ0v) is 11.3. The van der Waals surface area contributed by atoms with Gasteiger partial charge in [-0.2, -0.15) is 5.10 Å². The summed E-state index contributed by atoms with van der Waals surface area (Å²) in [6.07, 6.45) is -0.0511. The Hall–Kier alpha value is -2.41. The van der Waals surface area contributed by atoms with Crippen molar-refractivity contribution in [1.82, 2.24) is 20.5 Å². The summed E-state index contributed by atoms with van der Waals surface area (Å²) in [7, 11) is 1.59. The molecule has 0 bridgehead atoms. The quantitative estimate of drug-likeness (QED) is 0.741. The van der Waals surface area contributed by atoms with E-state index in [0.29, 0.717) is 23.5 Å². The number of nitrogens with one attached hydrogen (secondary N) is 3. The van der Waals surface area contributed by atoms with Gasteiger partial charge in [-0.05, 0) is 19.1 Å². The van der Waals surface area contributed by atoms with E-state index in [1.54, 1.807) is 31.4 Å². The largest absolute Gasteiger partial charge is 0.380 e. The molecule has 0 aliphatic carbocycles. The summed E-state index contributed by atoms with van der Waals surface area (Å²) in [6.45, 7) is 2.30. The minimum atomic E-state index is -0.385. The number of rotatable bonds is 5. The molecule has 0 aliphatic heterocycles. The number of benzene rings is 1. The van der Waals surface area contributed by atoms with Gasteiger partial charge in [0, 0.05) is 24.8 Å². The summed E-state index contributed by atoms with van der Waals surface area (Å²) >= 11 is 0. The molecule has 0 saturated heterocycles. The Labute approximate surface area is 115 Å². The van der Waals surface area contributed by atoms with Gasteiger partial charge in [-0.3, -0.25) is 9.78 Å². The summed E-state index contributed by atoms with van der Waals surface area (Å²) in [6, 6.07) is 6.86. The second-order valence-corrected chi connectivity index (χ2v) is 4.36. The van der Waals surface area contributed by atoms with Crippen molar-refractivity contribution in [2.24, 2.45) is 0 Å². The summed E-state index contributed by atoms with van der Waals surface area (Å²) in [5, 5.41) is 8.88. The molecule has 7 nitrogen and oxygen atoms in total. The number of amides is 1. The molecule has 0 spiro atoms. The molecule has 1 aromatic carbocycles. The van der Waals surface area contributed by atoms with Crippen molar-refractivity contribution in [3.63, 3.8) is 0 Å². The van der Waals surface area contributed by atoms with Crippen molar-refractivity contribution in [1.29, 1.82) is 0 Å².